The van der Waals surface area contributed by atoms with Gasteiger partial charge in [-0.25, -0.2) is 4.79 Å². The van der Waals surface area contributed by atoms with Gasteiger partial charge in [-0.15, -0.1) is 0 Å². The van der Waals surface area contributed by atoms with Gasteiger partial charge < -0.3 is 10.2 Å². The summed E-state index contributed by atoms with van der Waals surface area (Å²) < 4.78 is 0. The van der Waals surface area contributed by atoms with Crippen LogP contribution < -0.4 is 10.6 Å². The summed E-state index contributed by atoms with van der Waals surface area (Å²) in [5, 5.41) is 4.92. The number of urea groups is 1. The van der Waals surface area contributed by atoms with Crippen molar-refractivity contribution in [1.82, 2.24) is 20.4 Å². The molecule has 7 heteroatoms. The predicted octanol–water partition coefficient (Wildman–Crippen LogP) is 0.0208. The van der Waals surface area contributed by atoms with Crippen LogP contribution in [0.1, 0.15) is 26.7 Å². The minimum absolute atomic E-state index is 0.00422. The minimum Gasteiger partial charge on any atom is -0.347 e. The van der Waals surface area contributed by atoms with E-state index < -0.39 is 6.03 Å². The maximum Gasteiger partial charge on any atom is 0.321 e. The number of likely N-dealkylation sites (N-methyl/N-ethyl adjacent to an activating group) is 1. The topological polar surface area (TPSA) is 81.8 Å². The molecule has 0 aromatic heterocycles. The number of imide groups is 1. The Morgan fingerprint density at radius 3 is 2.52 bits per heavy atom. The van der Waals surface area contributed by atoms with Crippen LogP contribution >= 0.6 is 0 Å². The predicted molar refractivity (Wildman–Crippen MR) is 79.7 cm³/mol. The van der Waals surface area contributed by atoms with Gasteiger partial charge in [0.05, 0.1) is 12.6 Å². The number of likely N-dealkylation sites (tertiary alicyclic amines) is 1. The first kappa shape index (κ1) is 17.4. The number of carbonyl (C=O) groups excluding carboxylic acids is 3. The van der Waals surface area contributed by atoms with E-state index in [1.165, 1.54) is 4.90 Å². The number of nitrogens with zero attached hydrogens (tertiary/aromatic N) is 2. The molecule has 0 unspecified atom stereocenters. The summed E-state index contributed by atoms with van der Waals surface area (Å²) in [7, 11) is 3.41. The van der Waals surface area contributed by atoms with Crippen molar-refractivity contribution in [1.29, 1.82) is 0 Å². The van der Waals surface area contributed by atoms with Gasteiger partial charge in [-0.2, -0.15) is 0 Å². The van der Waals surface area contributed by atoms with Gasteiger partial charge in [0, 0.05) is 20.6 Å². The third-order valence-electron chi connectivity index (χ3n) is 3.36. The molecule has 0 radical (unpaired) electrons. The number of rotatable bonds is 5. The maximum absolute atomic E-state index is 12.0. The zero-order valence-corrected chi connectivity index (χ0v) is 13.3. The molecule has 1 aliphatic heterocycles. The molecule has 0 spiro atoms. The lowest BCUT2D eigenvalue weighted by Crippen LogP contribution is -2.49. The van der Waals surface area contributed by atoms with E-state index in [1.807, 2.05) is 18.7 Å². The van der Waals surface area contributed by atoms with Crippen LogP contribution in [-0.2, 0) is 9.59 Å². The van der Waals surface area contributed by atoms with Crippen molar-refractivity contribution >= 4 is 17.8 Å². The highest BCUT2D eigenvalue weighted by Gasteiger charge is 2.32. The van der Waals surface area contributed by atoms with E-state index in [4.69, 9.17) is 0 Å². The molecule has 7 nitrogen and oxygen atoms in total. The third-order valence-corrected chi connectivity index (χ3v) is 3.36. The Hall–Kier alpha value is -1.63. The number of hydrogen-bond acceptors (Lipinski definition) is 4. The molecule has 0 aromatic rings. The Morgan fingerprint density at radius 1 is 1.29 bits per heavy atom. The first-order chi connectivity index (χ1) is 9.81. The smallest absolute Gasteiger partial charge is 0.321 e. The lowest BCUT2D eigenvalue weighted by atomic mass is 10.2. The fourth-order valence-corrected chi connectivity index (χ4v) is 2.28. The van der Waals surface area contributed by atoms with Crippen LogP contribution in [0.25, 0.3) is 0 Å². The van der Waals surface area contributed by atoms with Crippen LogP contribution in [0.15, 0.2) is 0 Å². The lowest BCUT2D eigenvalue weighted by Gasteiger charge is -2.25. The highest BCUT2D eigenvalue weighted by atomic mass is 16.2. The molecule has 2 N–H and O–H groups in total. The summed E-state index contributed by atoms with van der Waals surface area (Å²) in [6.45, 7) is 5.24. The summed E-state index contributed by atoms with van der Waals surface area (Å²) in [5.41, 5.74) is 0. The van der Waals surface area contributed by atoms with E-state index in [2.05, 4.69) is 10.6 Å². The van der Waals surface area contributed by atoms with Crippen molar-refractivity contribution in [2.75, 3.05) is 33.7 Å². The van der Waals surface area contributed by atoms with E-state index in [0.29, 0.717) is 19.0 Å². The molecule has 4 amide bonds. The third kappa shape index (κ3) is 5.71. The molecule has 1 aliphatic rings. The fourth-order valence-electron chi connectivity index (χ4n) is 2.28. The van der Waals surface area contributed by atoms with E-state index in [0.717, 1.165) is 12.8 Å². The first-order valence-electron chi connectivity index (χ1n) is 7.34. The van der Waals surface area contributed by atoms with Crippen molar-refractivity contribution in [3.8, 4) is 0 Å². The second kappa shape index (κ2) is 7.97. The number of nitrogens with one attached hydrogen (secondary N) is 2. The lowest BCUT2D eigenvalue weighted by molar-refractivity contribution is -0.134. The van der Waals surface area contributed by atoms with Crippen LogP contribution in [-0.4, -0.2) is 67.4 Å². The van der Waals surface area contributed by atoms with Crippen molar-refractivity contribution < 1.29 is 14.4 Å². The quantitative estimate of drug-likeness (QED) is 0.750. The second-order valence-corrected chi connectivity index (χ2v) is 6.01. The van der Waals surface area contributed by atoms with Gasteiger partial charge in [0.2, 0.25) is 11.8 Å². The van der Waals surface area contributed by atoms with Crippen molar-refractivity contribution in [2.24, 2.45) is 5.92 Å². The number of hydrogen-bond donors (Lipinski definition) is 2. The van der Waals surface area contributed by atoms with Crippen molar-refractivity contribution in [3.63, 3.8) is 0 Å². The molecule has 0 aliphatic carbocycles. The molecule has 120 valence electrons. The summed E-state index contributed by atoms with van der Waals surface area (Å²) in [4.78, 5) is 38.7. The van der Waals surface area contributed by atoms with E-state index >= 15 is 0 Å². The Labute approximate surface area is 126 Å². The van der Waals surface area contributed by atoms with Crippen LogP contribution in [0, 0.1) is 5.92 Å². The molecular weight excluding hydrogens is 272 g/mol. The van der Waals surface area contributed by atoms with Crippen molar-refractivity contribution in [2.45, 2.75) is 32.7 Å². The van der Waals surface area contributed by atoms with Gasteiger partial charge in [-0.3, -0.25) is 19.8 Å². The highest BCUT2D eigenvalue weighted by molar-refractivity contribution is 5.95. The molecule has 1 atom stereocenters. The SMILES string of the molecule is CC(C)CNC(=O)NC(=O)CN1CCC[C@H]1C(=O)N(C)C. The normalized spacial score (nSPS) is 18.6. The summed E-state index contributed by atoms with van der Waals surface area (Å²) in [6.07, 6.45) is 1.64. The molecule has 0 saturated carbocycles. The molecule has 1 fully saturated rings. The maximum atomic E-state index is 12.0. The number of amides is 4. The second-order valence-electron chi connectivity index (χ2n) is 6.01. The Kier molecular flexibility index (Phi) is 6.61. The zero-order valence-electron chi connectivity index (χ0n) is 13.3. The van der Waals surface area contributed by atoms with Crippen LogP contribution in [0.2, 0.25) is 0 Å². The number of carbonyl (C=O) groups is 3. The van der Waals surface area contributed by atoms with E-state index in [9.17, 15) is 14.4 Å². The molecule has 0 bridgehead atoms. The summed E-state index contributed by atoms with van der Waals surface area (Å²) >= 11 is 0. The minimum atomic E-state index is -0.483. The van der Waals surface area contributed by atoms with E-state index in [1.54, 1.807) is 14.1 Å². The van der Waals surface area contributed by atoms with Gasteiger partial charge in [0.25, 0.3) is 0 Å². The molecule has 1 heterocycles. The standard InChI is InChI=1S/C14H26N4O3/c1-10(2)8-15-14(21)16-12(19)9-18-7-5-6-11(18)13(20)17(3)4/h10-11H,5-9H2,1-4H3,(H2,15,16,19,21)/t11-/m0/s1. The Balaban J connectivity index is 2.43. The molecule has 21 heavy (non-hydrogen) atoms. The summed E-state index contributed by atoms with van der Waals surface area (Å²) in [5.74, 6) is -0.0502. The first-order valence-corrected chi connectivity index (χ1v) is 7.34. The molecular formula is C14H26N4O3. The van der Waals surface area contributed by atoms with Gasteiger partial charge in [-0.05, 0) is 25.3 Å². The Morgan fingerprint density at radius 2 is 1.95 bits per heavy atom. The van der Waals surface area contributed by atoms with E-state index in [-0.39, 0.29) is 24.4 Å². The van der Waals surface area contributed by atoms with Gasteiger partial charge >= 0.3 is 6.03 Å². The molecule has 1 rings (SSSR count). The highest BCUT2D eigenvalue weighted by Crippen LogP contribution is 2.18. The van der Waals surface area contributed by atoms with Gasteiger partial charge in [0.1, 0.15) is 0 Å². The summed E-state index contributed by atoms with van der Waals surface area (Å²) in [6, 6.07) is -0.743. The van der Waals surface area contributed by atoms with Gasteiger partial charge in [0.15, 0.2) is 0 Å². The average molecular weight is 298 g/mol. The Bertz CT molecular complexity index is 396. The van der Waals surface area contributed by atoms with Crippen molar-refractivity contribution in [3.05, 3.63) is 0 Å². The largest absolute Gasteiger partial charge is 0.347 e. The van der Waals surface area contributed by atoms with Gasteiger partial charge in [-0.1, -0.05) is 13.8 Å². The zero-order chi connectivity index (χ0) is 16.0. The van der Waals surface area contributed by atoms with Crippen LogP contribution in [0.3, 0.4) is 0 Å². The fraction of sp³-hybridized carbons (Fsp3) is 0.786. The monoisotopic (exact) mass is 298 g/mol. The van der Waals surface area contributed by atoms with Crippen LogP contribution in [0.4, 0.5) is 4.79 Å². The van der Waals surface area contributed by atoms with Crippen LogP contribution in [0.5, 0.6) is 0 Å². The molecule has 1 saturated heterocycles. The molecule has 0 aromatic carbocycles. The average Bonchev–Trinajstić information content (AvgIpc) is 2.83.